The third-order valence-corrected chi connectivity index (χ3v) is 5.40. The molecule has 0 radical (unpaired) electrons. The van der Waals surface area contributed by atoms with E-state index >= 15 is 0 Å². The highest BCUT2D eigenvalue weighted by Crippen LogP contribution is 2.30. The molecule has 0 saturated carbocycles. The molecule has 0 bridgehead atoms. The summed E-state index contributed by atoms with van der Waals surface area (Å²) in [7, 11) is -3.30. The third kappa shape index (κ3) is 3.54. The van der Waals surface area contributed by atoms with Crippen molar-refractivity contribution in [2.45, 2.75) is 6.42 Å². The van der Waals surface area contributed by atoms with Crippen LogP contribution in [0.5, 0.6) is 0 Å². The molecule has 4 nitrogen and oxygen atoms in total. The Kier molecular flexibility index (Phi) is 5.32. The summed E-state index contributed by atoms with van der Waals surface area (Å²) in [6, 6.07) is 17.3. The van der Waals surface area contributed by atoms with Crippen LogP contribution < -0.4 is 9.62 Å². The summed E-state index contributed by atoms with van der Waals surface area (Å²) in [5, 5.41) is 3.23. The average Bonchev–Trinajstić information content (AvgIpc) is 2.53. The van der Waals surface area contributed by atoms with Crippen molar-refractivity contribution in [1.29, 1.82) is 0 Å². The van der Waals surface area contributed by atoms with Crippen molar-refractivity contribution < 1.29 is 8.42 Å². The SMILES string of the molecule is Cl.O=S(=O)(CCc1ccccc1)N1CCNc2ccccc21. The Labute approximate surface area is 137 Å². The van der Waals surface area contributed by atoms with E-state index in [1.54, 1.807) is 0 Å². The molecule has 1 aliphatic rings. The number of hydrogen-bond acceptors (Lipinski definition) is 3. The van der Waals surface area contributed by atoms with Gasteiger partial charge in [-0.25, -0.2) is 8.42 Å². The van der Waals surface area contributed by atoms with Gasteiger partial charge in [0.25, 0.3) is 0 Å². The van der Waals surface area contributed by atoms with E-state index in [0.717, 1.165) is 16.9 Å². The van der Waals surface area contributed by atoms with E-state index in [9.17, 15) is 8.42 Å². The van der Waals surface area contributed by atoms with Gasteiger partial charge in [-0.1, -0.05) is 42.5 Å². The largest absolute Gasteiger partial charge is 0.382 e. The van der Waals surface area contributed by atoms with E-state index in [0.29, 0.717) is 19.5 Å². The van der Waals surface area contributed by atoms with Gasteiger partial charge in [-0.05, 0) is 24.1 Å². The lowest BCUT2D eigenvalue weighted by Crippen LogP contribution is -2.40. The first-order chi connectivity index (χ1) is 10.2. The van der Waals surface area contributed by atoms with Crippen LogP contribution in [0.3, 0.4) is 0 Å². The number of para-hydroxylation sites is 2. The van der Waals surface area contributed by atoms with E-state index in [2.05, 4.69) is 5.32 Å². The summed E-state index contributed by atoms with van der Waals surface area (Å²) in [6.45, 7) is 1.12. The van der Waals surface area contributed by atoms with Gasteiger partial charge in [-0.2, -0.15) is 0 Å². The van der Waals surface area contributed by atoms with Crippen LogP contribution in [0.4, 0.5) is 11.4 Å². The van der Waals surface area contributed by atoms with Crippen LogP contribution in [0.2, 0.25) is 0 Å². The zero-order chi connectivity index (χ0) is 14.7. The molecule has 0 amide bonds. The molecule has 118 valence electrons. The standard InChI is InChI=1S/C16H18N2O2S.ClH/c19-21(20,13-10-14-6-2-1-3-7-14)18-12-11-17-15-8-4-5-9-16(15)18;/h1-9,17H,10-13H2;1H. The molecule has 0 fully saturated rings. The quantitative estimate of drug-likeness (QED) is 0.932. The maximum atomic E-state index is 12.6. The van der Waals surface area contributed by atoms with Crippen molar-refractivity contribution >= 4 is 33.8 Å². The van der Waals surface area contributed by atoms with Crippen LogP contribution in [0.15, 0.2) is 54.6 Å². The molecule has 0 spiro atoms. The van der Waals surface area contributed by atoms with E-state index in [-0.39, 0.29) is 18.2 Å². The maximum absolute atomic E-state index is 12.6. The van der Waals surface area contributed by atoms with Gasteiger partial charge in [0.1, 0.15) is 0 Å². The van der Waals surface area contributed by atoms with Gasteiger partial charge in [-0.3, -0.25) is 4.31 Å². The molecule has 1 N–H and O–H groups in total. The van der Waals surface area contributed by atoms with E-state index < -0.39 is 10.0 Å². The predicted molar refractivity (Wildman–Crippen MR) is 93.5 cm³/mol. The molecule has 1 heterocycles. The van der Waals surface area contributed by atoms with Crippen molar-refractivity contribution in [1.82, 2.24) is 0 Å². The van der Waals surface area contributed by atoms with Crippen molar-refractivity contribution in [3.63, 3.8) is 0 Å². The molecule has 22 heavy (non-hydrogen) atoms. The molecule has 1 aliphatic heterocycles. The molecule has 0 aliphatic carbocycles. The fraction of sp³-hybridized carbons (Fsp3) is 0.250. The number of nitrogens with zero attached hydrogens (tertiary/aromatic N) is 1. The van der Waals surface area contributed by atoms with Gasteiger partial charge < -0.3 is 5.32 Å². The lowest BCUT2D eigenvalue weighted by atomic mass is 10.2. The highest BCUT2D eigenvalue weighted by molar-refractivity contribution is 7.92. The lowest BCUT2D eigenvalue weighted by molar-refractivity contribution is 0.590. The van der Waals surface area contributed by atoms with Crippen molar-refractivity contribution in [3.05, 3.63) is 60.2 Å². The number of fused-ring (bicyclic) bond motifs is 1. The fourth-order valence-electron chi connectivity index (χ4n) is 2.54. The smallest absolute Gasteiger partial charge is 0.235 e. The van der Waals surface area contributed by atoms with Crippen molar-refractivity contribution in [2.24, 2.45) is 0 Å². The predicted octanol–water partition coefficient (Wildman–Crippen LogP) is 2.91. The molecular weight excluding hydrogens is 320 g/mol. The fourth-order valence-corrected chi connectivity index (χ4v) is 4.09. The number of hydrogen-bond donors (Lipinski definition) is 1. The lowest BCUT2D eigenvalue weighted by Gasteiger charge is -2.31. The Morgan fingerprint density at radius 3 is 2.45 bits per heavy atom. The molecule has 0 unspecified atom stereocenters. The Morgan fingerprint density at radius 2 is 1.68 bits per heavy atom. The number of rotatable bonds is 4. The average molecular weight is 339 g/mol. The second-order valence-corrected chi connectivity index (χ2v) is 7.08. The molecule has 0 atom stereocenters. The maximum Gasteiger partial charge on any atom is 0.235 e. The number of anilines is 2. The molecule has 2 aromatic carbocycles. The molecular formula is C16H19ClN2O2S. The summed E-state index contributed by atoms with van der Waals surface area (Å²) in [5.41, 5.74) is 2.67. The van der Waals surface area contributed by atoms with Crippen molar-refractivity contribution in [2.75, 3.05) is 28.5 Å². The first-order valence-corrected chi connectivity index (χ1v) is 8.65. The number of sulfonamides is 1. The van der Waals surface area contributed by atoms with Gasteiger partial charge in [0.05, 0.1) is 23.7 Å². The first-order valence-electron chi connectivity index (χ1n) is 7.04. The summed E-state index contributed by atoms with van der Waals surface area (Å²) in [6.07, 6.45) is 0.537. The number of aryl methyl sites for hydroxylation is 1. The molecule has 0 aromatic heterocycles. The van der Waals surface area contributed by atoms with Crippen molar-refractivity contribution in [3.8, 4) is 0 Å². The van der Waals surface area contributed by atoms with E-state index in [1.807, 2.05) is 54.6 Å². The minimum absolute atomic E-state index is 0. The first kappa shape index (κ1) is 16.6. The van der Waals surface area contributed by atoms with Gasteiger partial charge >= 0.3 is 0 Å². The summed E-state index contributed by atoms with van der Waals surface area (Å²) in [4.78, 5) is 0. The third-order valence-electron chi connectivity index (χ3n) is 3.63. The van der Waals surface area contributed by atoms with Crippen LogP contribution in [-0.4, -0.2) is 27.3 Å². The molecule has 2 aromatic rings. The monoisotopic (exact) mass is 338 g/mol. The Hall–Kier alpha value is -1.72. The van der Waals surface area contributed by atoms with Crippen LogP contribution in [-0.2, 0) is 16.4 Å². The van der Waals surface area contributed by atoms with Gasteiger partial charge in [-0.15, -0.1) is 12.4 Å². The summed E-state index contributed by atoms with van der Waals surface area (Å²) < 4.78 is 26.8. The Bertz CT molecular complexity index is 720. The topological polar surface area (TPSA) is 49.4 Å². The Morgan fingerprint density at radius 1 is 1.00 bits per heavy atom. The molecule has 3 rings (SSSR count). The summed E-state index contributed by atoms with van der Waals surface area (Å²) in [5.74, 6) is 0.130. The minimum atomic E-state index is -3.30. The highest BCUT2D eigenvalue weighted by atomic mass is 35.5. The van der Waals surface area contributed by atoms with Crippen LogP contribution >= 0.6 is 12.4 Å². The van der Waals surface area contributed by atoms with Gasteiger partial charge in [0.2, 0.25) is 10.0 Å². The van der Waals surface area contributed by atoms with Crippen LogP contribution in [0.1, 0.15) is 5.56 Å². The van der Waals surface area contributed by atoms with Gasteiger partial charge in [0, 0.05) is 6.54 Å². The van der Waals surface area contributed by atoms with E-state index in [1.165, 1.54) is 4.31 Å². The zero-order valence-corrected chi connectivity index (χ0v) is 13.7. The minimum Gasteiger partial charge on any atom is -0.382 e. The van der Waals surface area contributed by atoms with Gasteiger partial charge in [0.15, 0.2) is 0 Å². The normalized spacial score (nSPS) is 13.7. The second kappa shape index (κ2) is 7.03. The van der Waals surface area contributed by atoms with E-state index in [4.69, 9.17) is 0 Å². The second-order valence-electron chi connectivity index (χ2n) is 5.07. The summed E-state index contributed by atoms with van der Waals surface area (Å²) >= 11 is 0. The van der Waals surface area contributed by atoms with Crippen LogP contribution in [0.25, 0.3) is 0 Å². The Balaban J connectivity index is 0.00000176. The number of benzene rings is 2. The molecule has 0 saturated heterocycles. The molecule has 6 heteroatoms. The van der Waals surface area contributed by atoms with Crippen LogP contribution in [0, 0.1) is 0 Å². The number of nitrogens with one attached hydrogen (secondary N) is 1. The highest BCUT2D eigenvalue weighted by Gasteiger charge is 2.26. The zero-order valence-electron chi connectivity index (χ0n) is 12.1. The number of halogens is 1.